The summed E-state index contributed by atoms with van der Waals surface area (Å²) < 4.78 is 15.4. The zero-order valence-electron chi connectivity index (χ0n) is 12.2. The molecule has 1 saturated heterocycles. The van der Waals surface area contributed by atoms with E-state index >= 15 is 0 Å². The Kier molecular flexibility index (Phi) is 5.14. The molecule has 0 spiro atoms. The summed E-state index contributed by atoms with van der Waals surface area (Å²) in [5.74, 6) is 0.244. The van der Waals surface area contributed by atoms with Crippen LogP contribution in [-0.2, 0) is 20.8 Å². The first-order valence-electron chi connectivity index (χ1n) is 6.66. The van der Waals surface area contributed by atoms with Crippen molar-refractivity contribution >= 4 is 5.97 Å². The molecule has 1 atom stereocenters. The molecule has 1 aromatic carbocycles. The third kappa shape index (κ3) is 3.51. The zero-order valence-corrected chi connectivity index (χ0v) is 12.2. The summed E-state index contributed by atoms with van der Waals surface area (Å²) in [6, 6.07) is 7.09. The Morgan fingerprint density at radius 1 is 1.52 bits per heavy atom. The van der Waals surface area contributed by atoms with Gasteiger partial charge in [0.05, 0.1) is 33.0 Å². The van der Waals surface area contributed by atoms with E-state index in [0.717, 1.165) is 5.56 Å². The van der Waals surface area contributed by atoms with Crippen LogP contribution in [0, 0.1) is 11.3 Å². The van der Waals surface area contributed by atoms with Crippen molar-refractivity contribution in [3.05, 3.63) is 29.3 Å². The maximum atomic E-state index is 11.8. The summed E-state index contributed by atoms with van der Waals surface area (Å²) in [5, 5.41) is 8.99. The van der Waals surface area contributed by atoms with Gasteiger partial charge in [-0.2, -0.15) is 5.26 Å². The highest BCUT2D eigenvalue weighted by molar-refractivity contribution is 5.75. The van der Waals surface area contributed by atoms with Gasteiger partial charge in [-0.25, -0.2) is 0 Å². The van der Waals surface area contributed by atoms with Gasteiger partial charge in [0.2, 0.25) is 0 Å². The molecule has 0 saturated carbocycles. The number of ether oxygens (including phenoxy) is 3. The molecule has 0 bridgehead atoms. The molecule has 2 rings (SSSR count). The number of benzene rings is 1. The maximum absolute atomic E-state index is 11.8. The van der Waals surface area contributed by atoms with Crippen molar-refractivity contribution in [3.63, 3.8) is 0 Å². The van der Waals surface area contributed by atoms with Gasteiger partial charge in [-0.15, -0.1) is 0 Å². The number of esters is 1. The molecule has 1 unspecified atom stereocenters. The minimum atomic E-state index is -0.398. The number of hydrogen-bond donors (Lipinski definition) is 0. The van der Waals surface area contributed by atoms with Gasteiger partial charge in [0.15, 0.2) is 0 Å². The smallest absolute Gasteiger partial charge is 0.325 e. The Morgan fingerprint density at radius 3 is 3.00 bits per heavy atom. The first-order chi connectivity index (χ1) is 10.2. The minimum absolute atomic E-state index is 0.296. The number of nitrogens with zero attached hydrogens (tertiary/aromatic N) is 2. The number of methoxy groups -OCH3 is 2. The molecular weight excluding hydrogens is 272 g/mol. The molecule has 21 heavy (non-hydrogen) atoms. The van der Waals surface area contributed by atoms with Gasteiger partial charge in [0.1, 0.15) is 17.9 Å². The Labute approximate surface area is 123 Å². The van der Waals surface area contributed by atoms with Crippen LogP contribution < -0.4 is 4.74 Å². The molecule has 6 heteroatoms. The van der Waals surface area contributed by atoms with E-state index in [9.17, 15) is 4.79 Å². The van der Waals surface area contributed by atoms with Crippen molar-refractivity contribution in [2.75, 3.05) is 34.0 Å². The summed E-state index contributed by atoms with van der Waals surface area (Å²) >= 11 is 0. The van der Waals surface area contributed by atoms with Gasteiger partial charge >= 0.3 is 5.97 Å². The van der Waals surface area contributed by atoms with E-state index in [4.69, 9.17) is 19.5 Å². The van der Waals surface area contributed by atoms with Crippen LogP contribution in [0.1, 0.15) is 11.1 Å². The topological polar surface area (TPSA) is 71.8 Å². The van der Waals surface area contributed by atoms with Crippen LogP contribution in [0.3, 0.4) is 0 Å². The monoisotopic (exact) mass is 290 g/mol. The van der Waals surface area contributed by atoms with Crippen molar-refractivity contribution in [2.45, 2.75) is 12.6 Å². The first kappa shape index (κ1) is 15.3. The fraction of sp³-hybridized carbons (Fsp3) is 0.467. The third-order valence-electron chi connectivity index (χ3n) is 3.48. The Morgan fingerprint density at radius 2 is 2.33 bits per heavy atom. The zero-order chi connectivity index (χ0) is 15.2. The molecule has 0 amide bonds. The Balaban J connectivity index is 2.16. The van der Waals surface area contributed by atoms with Gasteiger partial charge in [0.25, 0.3) is 0 Å². The summed E-state index contributed by atoms with van der Waals surface area (Å²) in [4.78, 5) is 13.8. The lowest BCUT2D eigenvalue weighted by Gasteiger charge is -2.33. The fourth-order valence-corrected chi connectivity index (χ4v) is 2.34. The lowest BCUT2D eigenvalue weighted by Crippen LogP contribution is -2.49. The summed E-state index contributed by atoms with van der Waals surface area (Å²) in [6.07, 6.45) is 0. The van der Waals surface area contributed by atoms with Crippen molar-refractivity contribution in [1.29, 1.82) is 5.26 Å². The van der Waals surface area contributed by atoms with E-state index in [1.165, 1.54) is 14.2 Å². The van der Waals surface area contributed by atoms with Crippen molar-refractivity contribution in [3.8, 4) is 11.8 Å². The molecule has 0 radical (unpaired) electrons. The van der Waals surface area contributed by atoms with Crippen LogP contribution >= 0.6 is 0 Å². The van der Waals surface area contributed by atoms with Crippen molar-refractivity contribution in [1.82, 2.24) is 4.90 Å². The SMILES string of the molecule is COC(=O)C1COCCN1Cc1ccc(C#N)c(OC)c1. The van der Waals surface area contributed by atoms with E-state index in [-0.39, 0.29) is 5.97 Å². The lowest BCUT2D eigenvalue weighted by atomic mass is 10.1. The van der Waals surface area contributed by atoms with E-state index in [1.807, 2.05) is 17.0 Å². The Bertz CT molecular complexity index is 553. The number of rotatable bonds is 4. The van der Waals surface area contributed by atoms with E-state index in [1.54, 1.807) is 6.07 Å². The van der Waals surface area contributed by atoms with Gasteiger partial charge in [-0.1, -0.05) is 6.07 Å². The van der Waals surface area contributed by atoms with Crippen molar-refractivity contribution < 1.29 is 19.0 Å². The molecule has 0 aliphatic carbocycles. The molecule has 112 valence electrons. The number of nitriles is 1. The van der Waals surface area contributed by atoms with Crippen molar-refractivity contribution in [2.24, 2.45) is 0 Å². The third-order valence-corrected chi connectivity index (χ3v) is 3.48. The maximum Gasteiger partial charge on any atom is 0.325 e. The largest absolute Gasteiger partial charge is 0.495 e. The molecule has 1 fully saturated rings. The number of carbonyl (C=O) groups excluding carboxylic acids is 1. The molecule has 1 aromatic rings. The van der Waals surface area contributed by atoms with E-state index in [2.05, 4.69) is 6.07 Å². The van der Waals surface area contributed by atoms with Gasteiger partial charge in [-0.3, -0.25) is 9.69 Å². The van der Waals surface area contributed by atoms with Gasteiger partial charge in [0, 0.05) is 13.1 Å². The molecule has 1 aliphatic rings. The first-order valence-corrected chi connectivity index (χ1v) is 6.66. The molecule has 1 heterocycles. The fourth-order valence-electron chi connectivity index (χ4n) is 2.34. The van der Waals surface area contributed by atoms with Crippen LogP contribution in [0.5, 0.6) is 5.75 Å². The average molecular weight is 290 g/mol. The normalized spacial score (nSPS) is 18.8. The van der Waals surface area contributed by atoms with E-state index in [0.29, 0.717) is 37.6 Å². The molecular formula is C15H18N2O4. The van der Waals surface area contributed by atoms with Crippen LogP contribution in [0.25, 0.3) is 0 Å². The predicted molar refractivity (Wildman–Crippen MR) is 74.7 cm³/mol. The molecule has 0 N–H and O–H groups in total. The quantitative estimate of drug-likeness (QED) is 0.769. The second-order valence-corrected chi connectivity index (χ2v) is 4.73. The second-order valence-electron chi connectivity index (χ2n) is 4.73. The van der Waals surface area contributed by atoms with Gasteiger partial charge < -0.3 is 14.2 Å². The summed E-state index contributed by atoms with van der Waals surface area (Å²) in [7, 11) is 2.91. The van der Waals surface area contributed by atoms with Crippen LogP contribution in [0.2, 0.25) is 0 Å². The molecule has 0 aromatic heterocycles. The number of hydrogen-bond acceptors (Lipinski definition) is 6. The summed E-state index contributed by atoms with van der Waals surface area (Å²) in [5.41, 5.74) is 1.47. The average Bonchev–Trinajstić information content (AvgIpc) is 2.54. The molecule has 1 aliphatic heterocycles. The Hall–Kier alpha value is -2.10. The highest BCUT2D eigenvalue weighted by Crippen LogP contribution is 2.21. The van der Waals surface area contributed by atoms with Gasteiger partial charge in [-0.05, 0) is 17.7 Å². The van der Waals surface area contributed by atoms with Crippen LogP contribution in [0.4, 0.5) is 0 Å². The highest BCUT2D eigenvalue weighted by atomic mass is 16.5. The highest BCUT2D eigenvalue weighted by Gasteiger charge is 2.30. The van der Waals surface area contributed by atoms with Crippen LogP contribution in [0.15, 0.2) is 18.2 Å². The van der Waals surface area contributed by atoms with E-state index < -0.39 is 6.04 Å². The molecule has 6 nitrogen and oxygen atoms in total. The second kappa shape index (κ2) is 7.07. The minimum Gasteiger partial charge on any atom is -0.495 e. The lowest BCUT2D eigenvalue weighted by molar-refractivity contribution is -0.153. The number of carbonyl (C=O) groups is 1. The number of morpholine rings is 1. The summed E-state index contributed by atoms with van der Waals surface area (Å²) in [6.45, 7) is 2.15. The predicted octanol–water partition coefficient (Wildman–Crippen LogP) is 0.941. The standard InChI is InChI=1S/C15H18N2O4/c1-19-14-7-11(3-4-12(14)8-16)9-17-5-6-21-10-13(17)15(18)20-2/h3-4,7,13H,5-6,9-10H2,1-2H3. The van der Waals surface area contributed by atoms with Crippen LogP contribution in [-0.4, -0.2) is 50.9 Å².